The first-order valence-corrected chi connectivity index (χ1v) is 3.00. The molecule has 1 aromatic heterocycles. The minimum atomic E-state index is -4.35. The third-order valence-electron chi connectivity index (χ3n) is 1.00. The van der Waals surface area contributed by atoms with E-state index in [4.69, 9.17) is 5.11 Å². The molecule has 0 radical (unpaired) electrons. The third kappa shape index (κ3) is 2.50. The highest BCUT2D eigenvalue weighted by Crippen LogP contribution is 2.19. The molecule has 12 heavy (non-hydrogen) atoms. The van der Waals surface area contributed by atoms with Crippen LogP contribution in [0.1, 0.15) is 11.7 Å². The van der Waals surface area contributed by atoms with Crippen LogP contribution in [0.3, 0.4) is 0 Å². The largest absolute Gasteiger partial charge is 0.396 e. The van der Waals surface area contributed by atoms with Crippen LogP contribution in [-0.2, 0) is 13.0 Å². The number of nitrogens with zero attached hydrogens (tertiary/aromatic N) is 2. The molecule has 0 saturated heterocycles. The molecule has 0 unspecified atom stereocenters. The molecule has 0 aliphatic rings. The Kier molecular flexibility index (Phi) is 2.32. The van der Waals surface area contributed by atoms with E-state index in [9.17, 15) is 13.2 Å². The molecule has 4 nitrogen and oxygen atoms in total. The summed E-state index contributed by atoms with van der Waals surface area (Å²) in [4.78, 5) is 3.27. The quantitative estimate of drug-likeness (QED) is 0.730. The van der Waals surface area contributed by atoms with Gasteiger partial charge in [-0.1, -0.05) is 5.16 Å². The van der Waals surface area contributed by atoms with E-state index in [1.165, 1.54) is 0 Å². The van der Waals surface area contributed by atoms with Crippen LogP contribution in [0.25, 0.3) is 0 Å². The summed E-state index contributed by atoms with van der Waals surface area (Å²) in [5, 5.41) is 11.4. The topological polar surface area (TPSA) is 59.2 Å². The second kappa shape index (κ2) is 3.10. The Hall–Kier alpha value is -1.11. The van der Waals surface area contributed by atoms with E-state index in [1.807, 2.05) is 0 Å². The Bertz CT molecular complexity index is 257. The van der Waals surface area contributed by atoms with E-state index in [-0.39, 0.29) is 5.89 Å². The van der Waals surface area contributed by atoms with Crippen LogP contribution in [0.15, 0.2) is 4.52 Å². The van der Waals surface area contributed by atoms with Crippen molar-refractivity contribution < 1.29 is 22.8 Å². The molecule has 0 aliphatic heterocycles. The maximum atomic E-state index is 11.7. The minimum Gasteiger partial charge on any atom is -0.387 e. The summed E-state index contributed by atoms with van der Waals surface area (Å²) in [5.74, 6) is -0.680. The monoisotopic (exact) mass is 182 g/mol. The number of aromatic nitrogens is 2. The summed E-state index contributed by atoms with van der Waals surface area (Å²) in [6, 6.07) is 0. The number of aliphatic hydroxyl groups is 1. The van der Waals surface area contributed by atoms with Crippen molar-refractivity contribution in [3.05, 3.63) is 11.7 Å². The van der Waals surface area contributed by atoms with Gasteiger partial charge in [0, 0.05) is 0 Å². The van der Waals surface area contributed by atoms with Gasteiger partial charge < -0.3 is 9.63 Å². The van der Waals surface area contributed by atoms with Gasteiger partial charge >= 0.3 is 6.18 Å². The van der Waals surface area contributed by atoms with E-state index in [0.717, 1.165) is 0 Å². The maximum absolute atomic E-state index is 11.7. The summed E-state index contributed by atoms with van der Waals surface area (Å²) in [5.41, 5.74) is 0. The van der Waals surface area contributed by atoms with Crippen molar-refractivity contribution in [2.24, 2.45) is 0 Å². The summed E-state index contributed by atoms with van der Waals surface area (Å²) >= 11 is 0. The first kappa shape index (κ1) is 8.98. The first-order valence-electron chi connectivity index (χ1n) is 3.00. The summed E-state index contributed by atoms with van der Waals surface area (Å²) in [6.45, 7) is -0.551. The molecule has 7 heteroatoms. The van der Waals surface area contributed by atoms with Gasteiger partial charge in [0.05, 0.1) is 0 Å². The van der Waals surface area contributed by atoms with E-state index in [2.05, 4.69) is 14.7 Å². The molecule has 0 saturated carbocycles. The zero-order valence-electron chi connectivity index (χ0n) is 5.80. The first-order chi connectivity index (χ1) is 5.51. The van der Waals surface area contributed by atoms with Crippen LogP contribution >= 0.6 is 0 Å². The molecule has 68 valence electrons. The molecular formula is C5H5F3N2O2. The fraction of sp³-hybridized carbons (Fsp3) is 0.600. The number of hydrogen-bond donors (Lipinski definition) is 1. The zero-order chi connectivity index (χ0) is 9.19. The highest BCUT2D eigenvalue weighted by atomic mass is 19.4. The van der Waals surface area contributed by atoms with Crippen molar-refractivity contribution in [3.63, 3.8) is 0 Å². The number of aliphatic hydroxyl groups excluding tert-OH is 1. The molecule has 0 aliphatic carbocycles. The molecule has 0 amide bonds. The SMILES string of the molecule is OCc1nc(CC(F)(F)F)no1. The Labute approximate surface area is 65.0 Å². The highest BCUT2D eigenvalue weighted by molar-refractivity contribution is 4.87. The van der Waals surface area contributed by atoms with Gasteiger partial charge in [0.2, 0.25) is 0 Å². The molecule has 1 aromatic rings. The number of alkyl halides is 3. The molecule has 1 heterocycles. The molecule has 0 bridgehead atoms. The second-order valence-corrected chi connectivity index (χ2v) is 2.05. The predicted molar refractivity (Wildman–Crippen MR) is 30.0 cm³/mol. The number of halogens is 3. The summed E-state index contributed by atoms with van der Waals surface area (Å²) in [6.07, 6.45) is -5.59. The molecule has 1 N–H and O–H groups in total. The van der Waals surface area contributed by atoms with Crippen molar-refractivity contribution in [2.45, 2.75) is 19.2 Å². The second-order valence-electron chi connectivity index (χ2n) is 2.05. The zero-order valence-corrected chi connectivity index (χ0v) is 5.80. The fourth-order valence-electron chi connectivity index (χ4n) is 0.605. The lowest BCUT2D eigenvalue weighted by Crippen LogP contribution is -2.12. The van der Waals surface area contributed by atoms with Gasteiger partial charge in [-0.05, 0) is 0 Å². The van der Waals surface area contributed by atoms with Crippen LogP contribution in [-0.4, -0.2) is 21.4 Å². The summed E-state index contributed by atoms with van der Waals surface area (Å²) in [7, 11) is 0. The van der Waals surface area contributed by atoms with Gasteiger partial charge in [-0.15, -0.1) is 0 Å². The lowest BCUT2D eigenvalue weighted by Gasteiger charge is -1.99. The molecule has 1 rings (SSSR count). The Balaban J connectivity index is 2.64. The van der Waals surface area contributed by atoms with Crippen LogP contribution in [0.5, 0.6) is 0 Å². The normalized spacial score (nSPS) is 12.0. The standard InChI is InChI=1S/C5H5F3N2O2/c6-5(7,8)1-3-9-4(2-11)12-10-3/h11H,1-2H2. The van der Waals surface area contributed by atoms with Crippen LogP contribution in [0.4, 0.5) is 13.2 Å². The molecule has 0 fully saturated rings. The van der Waals surface area contributed by atoms with E-state index in [0.29, 0.717) is 0 Å². The van der Waals surface area contributed by atoms with Gasteiger partial charge in [0.15, 0.2) is 5.82 Å². The van der Waals surface area contributed by atoms with Crippen molar-refractivity contribution in [1.82, 2.24) is 10.1 Å². The van der Waals surface area contributed by atoms with Gasteiger partial charge in [-0.3, -0.25) is 0 Å². The van der Waals surface area contributed by atoms with Gasteiger partial charge in [0.1, 0.15) is 13.0 Å². The van der Waals surface area contributed by atoms with Crippen molar-refractivity contribution >= 4 is 0 Å². The fourth-order valence-corrected chi connectivity index (χ4v) is 0.605. The van der Waals surface area contributed by atoms with E-state index >= 15 is 0 Å². The van der Waals surface area contributed by atoms with Crippen LogP contribution < -0.4 is 0 Å². The molecule has 0 atom stereocenters. The number of rotatable bonds is 2. The van der Waals surface area contributed by atoms with Gasteiger partial charge in [-0.2, -0.15) is 18.2 Å². The maximum Gasteiger partial charge on any atom is 0.396 e. The predicted octanol–water partition coefficient (Wildman–Crippen LogP) is 0.667. The van der Waals surface area contributed by atoms with E-state index in [1.54, 1.807) is 0 Å². The number of hydrogen-bond acceptors (Lipinski definition) is 4. The molecular weight excluding hydrogens is 177 g/mol. The lowest BCUT2D eigenvalue weighted by atomic mass is 10.4. The Morgan fingerprint density at radius 2 is 2.08 bits per heavy atom. The van der Waals surface area contributed by atoms with Crippen molar-refractivity contribution in [3.8, 4) is 0 Å². The van der Waals surface area contributed by atoms with Crippen LogP contribution in [0.2, 0.25) is 0 Å². The molecule has 0 aromatic carbocycles. The molecule has 0 spiro atoms. The highest BCUT2D eigenvalue weighted by Gasteiger charge is 2.30. The lowest BCUT2D eigenvalue weighted by molar-refractivity contribution is -0.128. The van der Waals surface area contributed by atoms with Gasteiger partial charge in [-0.25, -0.2) is 0 Å². The smallest absolute Gasteiger partial charge is 0.387 e. The average Bonchev–Trinajstić information content (AvgIpc) is 2.32. The minimum absolute atomic E-state index is 0.214. The van der Waals surface area contributed by atoms with Crippen molar-refractivity contribution in [1.29, 1.82) is 0 Å². The van der Waals surface area contributed by atoms with Crippen molar-refractivity contribution in [2.75, 3.05) is 0 Å². The Morgan fingerprint density at radius 1 is 1.42 bits per heavy atom. The Morgan fingerprint density at radius 3 is 2.50 bits per heavy atom. The average molecular weight is 182 g/mol. The summed E-state index contributed by atoms with van der Waals surface area (Å²) < 4.78 is 39.3. The van der Waals surface area contributed by atoms with Crippen LogP contribution in [0, 0.1) is 0 Å². The third-order valence-corrected chi connectivity index (χ3v) is 1.00. The van der Waals surface area contributed by atoms with E-state index < -0.39 is 25.0 Å². The van der Waals surface area contributed by atoms with Gasteiger partial charge in [0.25, 0.3) is 5.89 Å².